The molecular weight excluding hydrogens is 269 g/mol. The summed E-state index contributed by atoms with van der Waals surface area (Å²) in [5, 5.41) is 4.53. The molecule has 0 spiro atoms. The van der Waals surface area contributed by atoms with E-state index in [0.29, 0.717) is 5.22 Å². The van der Waals surface area contributed by atoms with E-state index in [1.54, 1.807) is 6.07 Å². The van der Waals surface area contributed by atoms with Gasteiger partial charge >= 0.3 is 0 Å². The van der Waals surface area contributed by atoms with Crippen molar-refractivity contribution in [1.29, 1.82) is 0 Å². The molecule has 0 aliphatic carbocycles. The minimum Gasteiger partial charge on any atom is -0.448 e. The fourth-order valence-electron chi connectivity index (χ4n) is 1.85. The van der Waals surface area contributed by atoms with Crippen LogP contribution < -0.4 is 5.32 Å². The van der Waals surface area contributed by atoms with Gasteiger partial charge in [0.2, 0.25) is 0 Å². The Bertz CT molecular complexity index is 510. The summed E-state index contributed by atoms with van der Waals surface area (Å²) in [5.74, 6) is 0.779. The van der Waals surface area contributed by atoms with Crippen LogP contribution in [0.5, 0.6) is 0 Å². The number of halogens is 2. The van der Waals surface area contributed by atoms with Gasteiger partial charge in [0.15, 0.2) is 5.22 Å². The highest BCUT2D eigenvalue weighted by Gasteiger charge is 2.19. The molecule has 0 amide bonds. The summed E-state index contributed by atoms with van der Waals surface area (Å²) in [6, 6.07) is 11.3. The first kappa shape index (κ1) is 13.5. The van der Waals surface area contributed by atoms with E-state index in [2.05, 4.69) is 12.2 Å². The van der Waals surface area contributed by atoms with E-state index in [1.807, 2.05) is 30.3 Å². The smallest absolute Gasteiger partial charge is 0.193 e. The summed E-state index contributed by atoms with van der Waals surface area (Å²) in [6.07, 6.45) is 1.04. The predicted octanol–water partition coefficient (Wildman–Crippen LogP) is 4.68. The molecule has 0 saturated carbocycles. The van der Waals surface area contributed by atoms with E-state index in [9.17, 15) is 0 Å². The lowest BCUT2D eigenvalue weighted by Gasteiger charge is -2.17. The first-order valence-corrected chi connectivity index (χ1v) is 6.71. The molecule has 0 bridgehead atoms. The molecular formula is C14H15Cl2NO. The number of rotatable bonds is 5. The molecule has 4 heteroatoms. The lowest BCUT2D eigenvalue weighted by molar-refractivity contribution is 0.448. The summed E-state index contributed by atoms with van der Waals surface area (Å²) in [4.78, 5) is 0. The minimum absolute atomic E-state index is 0.0638. The molecule has 0 aliphatic heterocycles. The van der Waals surface area contributed by atoms with Crippen molar-refractivity contribution in [3.05, 3.63) is 58.0 Å². The molecule has 1 aromatic heterocycles. The van der Waals surface area contributed by atoms with Gasteiger partial charge in [0.05, 0.1) is 6.04 Å². The average Bonchev–Trinajstić information content (AvgIpc) is 2.78. The van der Waals surface area contributed by atoms with Gasteiger partial charge in [-0.3, -0.25) is 0 Å². The van der Waals surface area contributed by atoms with Gasteiger partial charge in [0, 0.05) is 5.02 Å². The van der Waals surface area contributed by atoms with Gasteiger partial charge < -0.3 is 9.73 Å². The van der Waals surface area contributed by atoms with Crippen LogP contribution in [0.4, 0.5) is 0 Å². The molecule has 0 aliphatic rings. The van der Waals surface area contributed by atoms with Crippen LogP contribution in [0, 0.1) is 0 Å². The molecule has 1 unspecified atom stereocenters. The van der Waals surface area contributed by atoms with Crippen LogP contribution in [-0.4, -0.2) is 6.54 Å². The highest BCUT2D eigenvalue weighted by Crippen LogP contribution is 2.30. The zero-order valence-electron chi connectivity index (χ0n) is 10.1. The summed E-state index contributed by atoms with van der Waals surface area (Å²) in [7, 11) is 0. The van der Waals surface area contributed by atoms with Gasteiger partial charge in [-0.05, 0) is 48.3 Å². The quantitative estimate of drug-likeness (QED) is 0.862. The predicted molar refractivity (Wildman–Crippen MR) is 75.3 cm³/mol. The second kappa shape index (κ2) is 6.28. The number of hydrogen-bond acceptors (Lipinski definition) is 2. The van der Waals surface area contributed by atoms with Crippen molar-refractivity contribution in [3.63, 3.8) is 0 Å². The molecule has 1 N–H and O–H groups in total. The largest absolute Gasteiger partial charge is 0.448 e. The third kappa shape index (κ3) is 3.08. The Hall–Kier alpha value is -0.960. The second-order valence-electron chi connectivity index (χ2n) is 4.05. The van der Waals surface area contributed by atoms with Crippen LogP contribution in [0.3, 0.4) is 0 Å². The lowest BCUT2D eigenvalue weighted by atomic mass is 10.0. The van der Waals surface area contributed by atoms with Gasteiger partial charge in [-0.1, -0.05) is 36.7 Å². The van der Waals surface area contributed by atoms with Gasteiger partial charge in [-0.15, -0.1) is 0 Å². The van der Waals surface area contributed by atoms with Crippen LogP contribution in [0.15, 0.2) is 40.8 Å². The van der Waals surface area contributed by atoms with Crippen molar-refractivity contribution in [1.82, 2.24) is 5.32 Å². The molecule has 0 saturated heterocycles. The monoisotopic (exact) mass is 283 g/mol. The molecule has 2 nitrogen and oxygen atoms in total. The van der Waals surface area contributed by atoms with Crippen molar-refractivity contribution >= 4 is 23.2 Å². The Kier molecular flexibility index (Phi) is 4.70. The Morgan fingerprint density at radius 1 is 1.17 bits per heavy atom. The van der Waals surface area contributed by atoms with E-state index >= 15 is 0 Å². The van der Waals surface area contributed by atoms with Gasteiger partial charge in [-0.2, -0.15) is 0 Å². The van der Waals surface area contributed by atoms with Gasteiger partial charge in [0.1, 0.15) is 5.76 Å². The normalized spacial score (nSPS) is 12.6. The maximum absolute atomic E-state index is 6.24. The van der Waals surface area contributed by atoms with Crippen molar-refractivity contribution < 1.29 is 4.42 Å². The maximum atomic E-state index is 6.24. The molecule has 1 aromatic carbocycles. The van der Waals surface area contributed by atoms with Gasteiger partial charge in [0.25, 0.3) is 0 Å². The van der Waals surface area contributed by atoms with E-state index in [4.69, 9.17) is 27.6 Å². The standard InChI is InChI=1S/C14H15Cl2NO/c1-2-9-17-14(12-7-8-13(16)18-12)10-5-3-4-6-11(10)15/h3-8,14,17H,2,9H2,1H3. The van der Waals surface area contributed by atoms with Crippen LogP contribution >= 0.6 is 23.2 Å². The number of benzene rings is 1. The first-order chi connectivity index (χ1) is 8.72. The molecule has 96 valence electrons. The molecule has 0 fully saturated rings. The van der Waals surface area contributed by atoms with Crippen molar-refractivity contribution in [2.75, 3.05) is 6.54 Å². The molecule has 1 heterocycles. The molecule has 2 rings (SSSR count). The third-order valence-electron chi connectivity index (χ3n) is 2.69. The summed E-state index contributed by atoms with van der Waals surface area (Å²) < 4.78 is 5.50. The van der Waals surface area contributed by atoms with E-state index in [1.165, 1.54) is 0 Å². The minimum atomic E-state index is -0.0638. The Labute approximate surface area is 117 Å². The Morgan fingerprint density at radius 2 is 1.94 bits per heavy atom. The summed E-state index contributed by atoms with van der Waals surface area (Å²) >= 11 is 12.1. The van der Waals surface area contributed by atoms with E-state index in [0.717, 1.165) is 29.3 Å². The molecule has 1 atom stereocenters. The number of furan rings is 1. The van der Waals surface area contributed by atoms with Crippen molar-refractivity contribution in [2.45, 2.75) is 19.4 Å². The van der Waals surface area contributed by atoms with Crippen LogP contribution in [0.2, 0.25) is 10.2 Å². The van der Waals surface area contributed by atoms with E-state index in [-0.39, 0.29) is 6.04 Å². The Morgan fingerprint density at radius 3 is 2.56 bits per heavy atom. The zero-order valence-corrected chi connectivity index (χ0v) is 11.6. The van der Waals surface area contributed by atoms with Crippen molar-refractivity contribution in [3.8, 4) is 0 Å². The number of nitrogens with one attached hydrogen (secondary N) is 1. The Balaban J connectivity index is 2.33. The fourth-order valence-corrected chi connectivity index (χ4v) is 2.24. The molecule has 0 radical (unpaired) electrons. The average molecular weight is 284 g/mol. The number of hydrogen-bond donors (Lipinski definition) is 1. The topological polar surface area (TPSA) is 25.2 Å². The zero-order chi connectivity index (χ0) is 13.0. The molecule has 2 aromatic rings. The third-order valence-corrected chi connectivity index (χ3v) is 3.24. The van der Waals surface area contributed by atoms with Crippen LogP contribution in [-0.2, 0) is 0 Å². The van der Waals surface area contributed by atoms with Crippen LogP contribution in [0.1, 0.15) is 30.7 Å². The SMILES string of the molecule is CCCNC(c1ccc(Cl)o1)c1ccccc1Cl. The van der Waals surface area contributed by atoms with Crippen LogP contribution in [0.25, 0.3) is 0 Å². The highest BCUT2D eigenvalue weighted by atomic mass is 35.5. The van der Waals surface area contributed by atoms with Crippen molar-refractivity contribution in [2.24, 2.45) is 0 Å². The highest BCUT2D eigenvalue weighted by molar-refractivity contribution is 6.31. The lowest BCUT2D eigenvalue weighted by Crippen LogP contribution is -2.23. The van der Waals surface area contributed by atoms with Gasteiger partial charge in [-0.25, -0.2) is 0 Å². The van der Waals surface area contributed by atoms with E-state index < -0.39 is 0 Å². The fraction of sp³-hybridized carbons (Fsp3) is 0.286. The summed E-state index contributed by atoms with van der Waals surface area (Å²) in [6.45, 7) is 3.00. The second-order valence-corrected chi connectivity index (χ2v) is 4.83. The summed E-state index contributed by atoms with van der Waals surface area (Å²) in [5.41, 5.74) is 0.999. The molecule has 18 heavy (non-hydrogen) atoms. The maximum Gasteiger partial charge on any atom is 0.193 e. The first-order valence-electron chi connectivity index (χ1n) is 5.95.